The lowest BCUT2D eigenvalue weighted by Crippen LogP contribution is -2.26. The van der Waals surface area contributed by atoms with E-state index in [0.29, 0.717) is 0 Å². The van der Waals surface area contributed by atoms with Crippen LogP contribution in [0.2, 0.25) is 0 Å². The zero-order valence-electron chi connectivity index (χ0n) is 71.9. The lowest BCUT2D eigenvalue weighted by Gasteiger charge is -2.32. The summed E-state index contributed by atoms with van der Waals surface area (Å²) in [6.07, 6.45) is 0. The smallest absolute Gasteiger partial charge is 0.0620 e. The Hall–Kier alpha value is -15.6. The predicted octanol–water partition coefficient (Wildman–Crippen LogP) is 32.0. The molecule has 0 radical (unpaired) electrons. The first-order valence-electron chi connectivity index (χ1n) is 45.2. The van der Waals surface area contributed by atoms with Gasteiger partial charge in [0.25, 0.3) is 0 Å². The fourth-order valence-corrected chi connectivity index (χ4v) is 24.4. The third kappa shape index (κ3) is 10.5. The highest BCUT2D eigenvalue weighted by Gasteiger charge is 2.56. The summed E-state index contributed by atoms with van der Waals surface area (Å²) in [5, 5.41) is 0. The van der Waals surface area contributed by atoms with Gasteiger partial charge in [-0.05, 0) is 274 Å². The van der Waals surface area contributed by atoms with Crippen LogP contribution in [0.5, 0.6) is 0 Å². The van der Waals surface area contributed by atoms with E-state index in [4.69, 9.17) is 0 Å². The summed E-state index contributed by atoms with van der Waals surface area (Å²) >= 11 is 0. The van der Waals surface area contributed by atoms with Gasteiger partial charge >= 0.3 is 0 Å². The van der Waals surface area contributed by atoms with Crippen LogP contribution in [0.4, 0.5) is 0 Å². The van der Waals surface area contributed by atoms with Gasteiger partial charge in [-0.2, -0.15) is 0 Å². The van der Waals surface area contributed by atoms with Crippen LogP contribution in [-0.2, 0) is 21.7 Å². The molecule has 8 aliphatic carbocycles. The number of benzene rings is 20. The topological polar surface area (TPSA) is 0 Å². The predicted molar refractivity (Wildman–Crippen MR) is 532 cm³/mol. The molecule has 0 aromatic heterocycles. The van der Waals surface area contributed by atoms with E-state index in [0.717, 1.165) is 0 Å². The van der Waals surface area contributed by atoms with E-state index in [2.05, 4.69) is 489 Å². The Balaban J connectivity index is 0.0000000926. The number of hydrogen-bond acceptors (Lipinski definition) is 0. The van der Waals surface area contributed by atoms with E-state index in [1.165, 1.54) is 245 Å². The largest absolute Gasteiger partial charge is 0.0731 e. The number of hydrogen-bond donors (Lipinski definition) is 0. The molecule has 0 atom stereocenters. The molecule has 0 saturated carbocycles. The Morgan fingerprint density at radius 1 is 0.117 bits per heavy atom. The van der Waals surface area contributed by atoms with Gasteiger partial charge in [0.05, 0.1) is 21.7 Å². The first kappa shape index (κ1) is 75.0. The zero-order chi connectivity index (χ0) is 85.1. The first-order chi connectivity index (χ1) is 63.2. The van der Waals surface area contributed by atoms with Crippen molar-refractivity contribution in [3.8, 4) is 134 Å². The lowest BCUT2D eigenvalue weighted by atomic mass is 9.68. The molecule has 128 heavy (non-hydrogen) atoms. The van der Waals surface area contributed by atoms with Gasteiger partial charge in [-0.15, -0.1) is 0 Å². The maximum Gasteiger partial charge on any atom is 0.0731 e. The molecule has 20 aromatic carbocycles. The van der Waals surface area contributed by atoms with Gasteiger partial charge in [0.2, 0.25) is 0 Å². The zero-order valence-corrected chi connectivity index (χ0v) is 71.9. The fourth-order valence-electron chi connectivity index (χ4n) is 24.4. The van der Waals surface area contributed by atoms with Crippen LogP contribution in [0.1, 0.15) is 111 Å². The van der Waals surface area contributed by atoms with Gasteiger partial charge in [-0.1, -0.05) is 460 Å². The molecule has 4 spiro atoms. The molecule has 0 aliphatic heterocycles. The number of rotatable bonds is 4. The molecule has 0 amide bonds. The molecule has 0 heterocycles. The van der Waals surface area contributed by atoms with E-state index >= 15 is 0 Å². The van der Waals surface area contributed by atoms with Gasteiger partial charge in [0.15, 0.2) is 0 Å². The summed E-state index contributed by atoms with van der Waals surface area (Å²) in [5.74, 6) is 0. The average Bonchev–Trinajstić information content (AvgIpc) is 1.53. The van der Waals surface area contributed by atoms with Crippen LogP contribution in [0.25, 0.3) is 134 Å². The van der Waals surface area contributed by atoms with Crippen LogP contribution in [0, 0.1) is 27.7 Å². The minimum atomic E-state index is -0.291. The first-order valence-corrected chi connectivity index (χ1v) is 45.2. The van der Waals surface area contributed by atoms with Crippen LogP contribution < -0.4 is 0 Å². The quantitative estimate of drug-likeness (QED) is 0.165. The van der Waals surface area contributed by atoms with Crippen molar-refractivity contribution in [1.29, 1.82) is 0 Å². The van der Waals surface area contributed by atoms with Crippen molar-refractivity contribution in [2.75, 3.05) is 0 Å². The molecule has 0 heteroatoms. The van der Waals surface area contributed by atoms with E-state index < -0.39 is 0 Å². The Labute approximate surface area is 749 Å². The van der Waals surface area contributed by atoms with Gasteiger partial charge in [0, 0.05) is 0 Å². The van der Waals surface area contributed by atoms with Crippen molar-refractivity contribution in [1.82, 2.24) is 0 Å². The summed E-state index contributed by atoms with van der Waals surface area (Å²) in [4.78, 5) is 0. The van der Waals surface area contributed by atoms with Crippen molar-refractivity contribution in [2.24, 2.45) is 0 Å². The second-order valence-electron chi connectivity index (χ2n) is 36.0. The summed E-state index contributed by atoms with van der Waals surface area (Å²) in [6, 6.07) is 171. The van der Waals surface area contributed by atoms with E-state index in [9.17, 15) is 0 Å². The van der Waals surface area contributed by atoms with Crippen LogP contribution in [-0.4, -0.2) is 0 Å². The Kier molecular flexibility index (Phi) is 17.0. The van der Waals surface area contributed by atoms with Gasteiger partial charge < -0.3 is 0 Å². The third-order valence-corrected chi connectivity index (χ3v) is 29.6. The monoisotopic (exact) mass is 1620 g/mol. The molecular weight excluding hydrogens is 1540 g/mol. The van der Waals surface area contributed by atoms with Crippen molar-refractivity contribution in [3.05, 3.63) is 572 Å². The maximum atomic E-state index is 2.41. The highest BCUT2D eigenvalue weighted by Crippen LogP contribution is 2.69. The molecule has 20 aromatic rings. The molecular formula is C128H88. The molecule has 600 valence electrons. The lowest BCUT2D eigenvalue weighted by molar-refractivity contribution is 0.794. The van der Waals surface area contributed by atoms with E-state index in [1.807, 2.05) is 0 Å². The van der Waals surface area contributed by atoms with Crippen LogP contribution in [0.3, 0.4) is 0 Å². The molecule has 28 rings (SSSR count). The summed E-state index contributed by atoms with van der Waals surface area (Å²) in [6.45, 7) is 8.65. The summed E-state index contributed by atoms with van der Waals surface area (Å²) < 4.78 is 0. The molecule has 8 aliphatic rings. The molecule has 0 N–H and O–H groups in total. The second-order valence-corrected chi connectivity index (χ2v) is 36.0. The fraction of sp³-hybridized carbons (Fsp3) is 0.0625. The molecule has 0 nitrogen and oxygen atoms in total. The van der Waals surface area contributed by atoms with Crippen molar-refractivity contribution >= 4 is 0 Å². The Bertz CT molecular complexity index is 7780. The average molecular weight is 1630 g/mol. The van der Waals surface area contributed by atoms with E-state index in [-0.39, 0.29) is 21.7 Å². The summed E-state index contributed by atoms with van der Waals surface area (Å²) in [7, 11) is 0. The standard InChI is InChI=1S/4C32H22/c1-21-9-8-10-22(19-21)23-17-18-31-27(20-23)26-13-4-7-16-30(26)32(31)28-14-5-2-11-24(28)25-12-3-6-15-29(25)32;1-21-17-19-22(20-18-21)23-12-8-13-27-26-11-4-7-16-30(26)32(31(23)27)28-14-5-2-9-24(28)25-10-3-6-15-29(25)32;1-21-14-16-22(17-15-21)23-18-19-31-27(20-23)26-10-4-7-13-30(26)32(31)28-11-5-2-8-24(28)25-9-3-6-12-29(25)32;1-21-10-2-3-11-23(21)22-18-19-31-27(20-22)26-14-6-9-17-30(26)32(31)28-15-7-4-12-24(28)25-13-5-8-16-29(25)32/h4*2-20H,1H3. The van der Waals surface area contributed by atoms with Gasteiger partial charge in [0.1, 0.15) is 0 Å². The number of fused-ring (bicyclic) bond motifs is 40. The van der Waals surface area contributed by atoms with Gasteiger partial charge in [-0.25, -0.2) is 0 Å². The summed E-state index contributed by atoms with van der Waals surface area (Å²) in [5.41, 5.74) is 58.5. The molecule has 0 bridgehead atoms. The normalized spacial score (nSPS) is 14.0. The van der Waals surface area contributed by atoms with Gasteiger partial charge in [-0.3, -0.25) is 0 Å². The SMILES string of the molecule is Cc1ccc(-c2ccc3c(c2)-c2ccccc2C32c3ccccc3-c3ccccc32)cc1.Cc1ccc(-c2cccc3c2C2(c4ccccc4-c4ccccc42)c2ccccc2-3)cc1.Cc1cccc(-c2ccc3c(c2)-c2ccccc2C32c3ccccc3-c3ccccc32)c1.Cc1ccccc1-c1ccc2c(c1)-c1ccccc1C21c2ccccc2-c2ccccc21. The van der Waals surface area contributed by atoms with Crippen molar-refractivity contribution in [3.63, 3.8) is 0 Å². The van der Waals surface area contributed by atoms with Crippen LogP contribution in [0.15, 0.2) is 461 Å². The minimum absolute atomic E-state index is 0.245. The second kappa shape index (κ2) is 29.0. The molecule has 0 unspecified atom stereocenters. The maximum absolute atomic E-state index is 2.41. The Morgan fingerprint density at radius 2 is 0.336 bits per heavy atom. The third-order valence-electron chi connectivity index (χ3n) is 29.6. The highest BCUT2D eigenvalue weighted by molar-refractivity contribution is 6.03. The van der Waals surface area contributed by atoms with Crippen molar-refractivity contribution in [2.45, 2.75) is 49.4 Å². The van der Waals surface area contributed by atoms with Crippen molar-refractivity contribution < 1.29 is 0 Å². The van der Waals surface area contributed by atoms with E-state index in [1.54, 1.807) is 0 Å². The highest BCUT2D eigenvalue weighted by atomic mass is 14.6. The molecule has 0 saturated heterocycles. The Morgan fingerprint density at radius 3 is 0.664 bits per heavy atom. The molecule has 0 fully saturated rings. The minimum Gasteiger partial charge on any atom is -0.0620 e. The number of aryl methyl sites for hydroxylation is 4. The van der Waals surface area contributed by atoms with Crippen LogP contribution >= 0.6 is 0 Å².